The first-order valence-corrected chi connectivity index (χ1v) is 9.31. The smallest absolute Gasteiger partial charge is 0.391 e. The molecule has 152 valence electrons. The molecule has 1 saturated carbocycles. The maximum Gasteiger partial charge on any atom is 0.391 e. The number of phenolic OH excluding ortho intramolecular Hbond substituents is 1. The van der Waals surface area contributed by atoms with E-state index in [-0.39, 0.29) is 24.6 Å². The van der Waals surface area contributed by atoms with Crippen LogP contribution < -0.4 is 15.4 Å². The van der Waals surface area contributed by atoms with Crippen molar-refractivity contribution in [1.82, 2.24) is 10.6 Å². The number of nitrogens with zero attached hydrogens (tertiary/aromatic N) is 1. The minimum atomic E-state index is -4.14. The summed E-state index contributed by atoms with van der Waals surface area (Å²) in [5.74, 6) is -0.247. The third-order valence-electron chi connectivity index (χ3n) is 4.78. The Kier molecular flexibility index (Phi) is 7.62. The van der Waals surface area contributed by atoms with Crippen LogP contribution in [-0.4, -0.2) is 43.5 Å². The van der Waals surface area contributed by atoms with Gasteiger partial charge in [-0.05, 0) is 44.2 Å². The number of phenols is 1. The Labute approximate surface area is 158 Å². The quantitative estimate of drug-likeness (QED) is 0.515. The topological polar surface area (TPSA) is 65.9 Å². The summed E-state index contributed by atoms with van der Waals surface area (Å²) in [6, 6.07) is 5.02. The summed E-state index contributed by atoms with van der Waals surface area (Å²) >= 11 is 0. The van der Waals surface area contributed by atoms with Crippen LogP contribution >= 0.6 is 0 Å². The molecule has 1 aliphatic carbocycles. The largest absolute Gasteiger partial charge is 0.504 e. The average molecular weight is 387 g/mol. The molecule has 0 amide bonds. The van der Waals surface area contributed by atoms with Crippen molar-refractivity contribution in [3.63, 3.8) is 0 Å². The number of hydrogen-bond donors (Lipinski definition) is 3. The lowest BCUT2D eigenvalue weighted by molar-refractivity contribution is -0.183. The Morgan fingerprint density at radius 2 is 2.11 bits per heavy atom. The molecule has 5 nitrogen and oxygen atoms in total. The summed E-state index contributed by atoms with van der Waals surface area (Å²) in [6.45, 7) is 2.92. The highest BCUT2D eigenvalue weighted by Gasteiger charge is 2.42. The highest BCUT2D eigenvalue weighted by atomic mass is 19.4. The van der Waals surface area contributed by atoms with Gasteiger partial charge in [0, 0.05) is 19.1 Å². The minimum Gasteiger partial charge on any atom is -0.504 e. The molecule has 8 heteroatoms. The standard InChI is InChI=1S/C19H28F3N3O2/c1-3-23-18(25-15-8-5-7-14(12-15)19(20,21)22)24-11-10-13-6-4-9-16(27-2)17(13)26/h4,6,9,14-15,26H,3,5,7-8,10-12H2,1-2H3,(H2,23,24,25). The summed E-state index contributed by atoms with van der Waals surface area (Å²) in [5.41, 5.74) is 0.712. The second-order valence-corrected chi connectivity index (χ2v) is 6.73. The molecule has 1 aromatic rings. The number of guanidine groups is 1. The monoisotopic (exact) mass is 387 g/mol. The normalized spacial score (nSPS) is 21.0. The molecule has 0 aromatic heterocycles. The van der Waals surface area contributed by atoms with E-state index < -0.39 is 12.1 Å². The summed E-state index contributed by atoms with van der Waals surface area (Å²) < 4.78 is 44.0. The van der Waals surface area contributed by atoms with Crippen molar-refractivity contribution < 1.29 is 23.0 Å². The van der Waals surface area contributed by atoms with Gasteiger partial charge in [-0.3, -0.25) is 4.99 Å². The maximum absolute atomic E-state index is 13.0. The first kappa shape index (κ1) is 21.2. The maximum atomic E-state index is 13.0. The molecule has 0 spiro atoms. The van der Waals surface area contributed by atoms with Crippen LogP contribution in [0.3, 0.4) is 0 Å². The number of aliphatic imine (C=N–C) groups is 1. The molecule has 1 aliphatic rings. The van der Waals surface area contributed by atoms with E-state index in [1.54, 1.807) is 18.2 Å². The zero-order valence-electron chi connectivity index (χ0n) is 15.8. The van der Waals surface area contributed by atoms with Gasteiger partial charge in [0.05, 0.1) is 13.0 Å². The fraction of sp³-hybridized carbons (Fsp3) is 0.632. The van der Waals surface area contributed by atoms with Gasteiger partial charge in [0.2, 0.25) is 0 Å². The number of rotatable bonds is 6. The Balaban J connectivity index is 1.96. The minimum absolute atomic E-state index is 0.0740. The SMILES string of the molecule is CCNC(=NCCc1cccc(OC)c1O)NC1CCCC(C(F)(F)F)C1. The van der Waals surface area contributed by atoms with E-state index in [2.05, 4.69) is 15.6 Å². The Morgan fingerprint density at radius 1 is 1.33 bits per heavy atom. The molecular weight excluding hydrogens is 359 g/mol. The van der Waals surface area contributed by atoms with Crippen LogP contribution in [0.25, 0.3) is 0 Å². The van der Waals surface area contributed by atoms with Crippen molar-refractivity contribution in [2.24, 2.45) is 10.9 Å². The predicted octanol–water partition coefficient (Wildman–Crippen LogP) is 3.62. The van der Waals surface area contributed by atoms with E-state index >= 15 is 0 Å². The van der Waals surface area contributed by atoms with Crippen LogP contribution in [-0.2, 0) is 6.42 Å². The van der Waals surface area contributed by atoms with Gasteiger partial charge in [-0.1, -0.05) is 18.6 Å². The van der Waals surface area contributed by atoms with Crippen LogP contribution in [0.4, 0.5) is 13.2 Å². The molecule has 2 rings (SSSR count). The van der Waals surface area contributed by atoms with Gasteiger partial charge in [-0.2, -0.15) is 13.2 Å². The fourth-order valence-corrected chi connectivity index (χ4v) is 3.35. The van der Waals surface area contributed by atoms with Gasteiger partial charge in [0.25, 0.3) is 0 Å². The van der Waals surface area contributed by atoms with Crippen molar-refractivity contribution in [2.75, 3.05) is 20.2 Å². The lowest BCUT2D eigenvalue weighted by Crippen LogP contribution is -2.46. The van der Waals surface area contributed by atoms with Gasteiger partial charge in [-0.15, -0.1) is 0 Å². The molecule has 0 radical (unpaired) electrons. The molecule has 2 atom stereocenters. The van der Waals surface area contributed by atoms with Crippen LogP contribution in [0.2, 0.25) is 0 Å². The number of halogens is 3. The van der Waals surface area contributed by atoms with Crippen LogP contribution in [0.1, 0.15) is 38.2 Å². The zero-order valence-corrected chi connectivity index (χ0v) is 15.8. The first-order valence-electron chi connectivity index (χ1n) is 9.31. The summed E-state index contributed by atoms with van der Waals surface area (Å²) in [7, 11) is 1.49. The Bertz CT molecular complexity index is 635. The van der Waals surface area contributed by atoms with E-state index in [0.29, 0.717) is 49.6 Å². The summed E-state index contributed by atoms with van der Waals surface area (Å²) in [5, 5.41) is 16.3. The van der Waals surface area contributed by atoms with E-state index in [4.69, 9.17) is 4.74 Å². The number of hydrogen-bond acceptors (Lipinski definition) is 3. The van der Waals surface area contributed by atoms with E-state index in [0.717, 1.165) is 0 Å². The van der Waals surface area contributed by atoms with Crippen molar-refractivity contribution in [3.8, 4) is 11.5 Å². The molecule has 0 saturated heterocycles. The summed E-state index contributed by atoms with van der Waals surface area (Å²) in [4.78, 5) is 4.45. The van der Waals surface area contributed by atoms with Crippen LogP contribution in [0, 0.1) is 5.92 Å². The second kappa shape index (κ2) is 9.71. The number of alkyl halides is 3. The average Bonchev–Trinajstić information content (AvgIpc) is 2.63. The van der Waals surface area contributed by atoms with Crippen LogP contribution in [0.5, 0.6) is 11.5 Å². The van der Waals surface area contributed by atoms with E-state index in [9.17, 15) is 18.3 Å². The molecule has 1 fully saturated rings. The van der Waals surface area contributed by atoms with Gasteiger partial charge in [0.1, 0.15) is 0 Å². The van der Waals surface area contributed by atoms with Crippen molar-refractivity contribution in [3.05, 3.63) is 23.8 Å². The van der Waals surface area contributed by atoms with Gasteiger partial charge < -0.3 is 20.5 Å². The predicted molar refractivity (Wildman–Crippen MR) is 99.3 cm³/mol. The van der Waals surface area contributed by atoms with Gasteiger partial charge >= 0.3 is 6.18 Å². The van der Waals surface area contributed by atoms with Crippen molar-refractivity contribution in [1.29, 1.82) is 0 Å². The molecule has 3 N–H and O–H groups in total. The Hall–Kier alpha value is -2.12. The van der Waals surface area contributed by atoms with E-state index in [1.807, 2.05) is 6.92 Å². The number of nitrogens with one attached hydrogen (secondary N) is 2. The molecule has 0 bridgehead atoms. The Morgan fingerprint density at radius 3 is 2.78 bits per heavy atom. The molecule has 0 aliphatic heterocycles. The highest BCUT2D eigenvalue weighted by Crippen LogP contribution is 2.37. The number of aromatic hydroxyl groups is 1. The summed E-state index contributed by atoms with van der Waals surface area (Å²) in [6.07, 6.45) is -2.11. The van der Waals surface area contributed by atoms with Crippen molar-refractivity contribution in [2.45, 2.75) is 51.2 Å². The molecule has 27 heavy (non-hydrogen) atoms. The first-order chi connectivity index (χ1) is 12.8. The molecular formula is C19H28F3N3O2. The number of methoxy groups -OCH3 is 1. The highest BCUT2D eigenvalue weighted by molar-refractivity contribution is 5.80. The van der Waals surface area contributed by atoms with Gasteiger partial charge in [-0.25, -0.2) is 0 Å². The van der Waals surface area contributed by atoms with Crippen LogP contribution in [0.15, 0.2) is 23.2 Å². The number of ether oxygens (including phenoxy) is 1. The van der Waals surface area contributed by atoms with Crippen molar-refractivity contribution >= 4 is 5.96 Å². The lowest BCUT2D eigenvalue weighted by Gasteiger charge is -2.31. The van der Waals surface area contributed by atoms with Gasteiger partial charge in [0.15, 0.2) is 17.5 Å². The zero-order chi connectivity index (χ0) is 19.9. The molecule has 1 aromatic carbocycles. The third-order valence-corrected chi connectivity index (χ3v) is 4.78. The van der Waals surface area contributed by atoms with E-state index in [1.165, 1.54) is 7.11 Å². The second-order valence-electron chi connectivity index (χ2n) is 6.73. The molecule has 0 heterocycles. The number of para-hydroxylation sites is 1. The third kappa shape index (κ3) is 6.22. The fourth-order valence-electron chi connectivity index (χ4n) is 3.35. The molecule has 2 unspecified atom stereocenters. The number of benzene rings is 1. The lowest BCUT2D eigenvalue weighted by atomic mass is 9.85.